The van der Waals surface area contributed by atoms with Crippen molar-refractivity contribution in [3.63, 3.8) is 0 Å². The van der Waals surface area contributed by atoms with Crippen LogP contribution in [0.1, 0.15) is 32.1 Å². The van der Waals surface area contributed by atoms with Crippen molar-refractivity contribution in [1.82, 2.24) is 10.2 Å². The maximum absolute atomic E-state index is 11.2. The number of carboxylic acid groups (broad SMARTS) is 1. The molecule has 1 aliphatic carbocycles. The standard InChI is InChI=1S/C12H22N2O2/c1-14-7-2-4-10(8-14)13-9-12(11(15)16)5-3-6-12/h10,13H,2-9H2,1H3,(H,15,16). The molecule has 2 N–H and O–H groups in total. The van der Waals surface area contributed by atoms with E-state index in [0.29, 0.717) is 12.6 Å². The van der Waals surface area contributed by atoms with Crippen LogP contribution < -0.4 is 5.32 Å². The third-order valence-electron chi connectivity index (χ3n) is 4.12. The number of piperidine rings is 1. The van der Waals surface area contributed by atoms with Crippen LogP contribution in [0.4, 0.5) is 0 Å². The zero-order valence-electron chi connectivity index (χ0n) is 10.0. The molecule has 0 aromatic heterocycles. The first kappa shape index (κ1) is 11.9. The van der Waals surface area contributed by atoms with Gasteiger partial charge in [-0.15, -0.1) is 0 Å². The monoisotopic (exact) mass is 226 g/mol. The highest BCUT2D eigenvalue weighted by molar-refractivity contribution is 5.76. The number of hydrogen-bond acceptors (Lipinski definition) is 3. The molecule has 0 spiro atoms. The molecule has 2 rings (SSSR count). The number of hydrogen-bond donors (Lipinski definition) is 2. The van der Waals surface area contributed by atoms with Crippen LogP contribution in [0.15, 0.2) is 0 Å². The molecule has 1 heterocycles. The summed E-state index contributed by atoms with van der Waals surface area (Å²) in [6.45, 7) is 2.87. The molecule has 1 aliphatic heterocycles. The van der Waals surface area contributed by atoms with E-state index in [-0.39, 0.29) is 0 Å². The Morgan fingerprint density at radius 2 is 2.25 bits per heavy atom. The summed E-state index contributed by atoms with van der Waals surface area (Å²) in [6.07, 6.45) is 5.16. The first-order valence-electron chi connectivity index (χ1n) is 6.28. The second-order valence-electron chi connectivity index (χ2n) is 5.42. The van der Waals surface area contributed by atoms with Gasteiger partial charge < -0.3 is 15.3 Å². The van der Waals surface area contributed by atoms with Crippen LogP contribution in [0.2, 0.25) is 0 Å². The molecule has 1 atom stereocenters. The molecule has 0 radical (unpaired) electrons. The highest BCUT2D eigenvalue weighted by Gasteiger charge is 2.44. The number of nitrogens with one attached hydrogen (secondary N) is 1. The number of carbonyl (C=O) groups is 1. The fourth-order valence-corrected chi connectivity index (χ4v) is 2.74. The first-order chi connectivity index (χ1) is 7.62. The predicted octanol–water partition coefficient (Wildman–Crippen LogP) is 0.925. The average Bonchev–Trinajstić information content (AvgIpc) is 2.15. The van der Waals surface area contributed by atoms with Crippen molar-refractivity contribution in [2.24, 2.45) is 5.41 Å². The van der Waals surface area contributed by atoms with Gasteiger partial charge in [-0.2, -0.15) is 0 Å². The van der Waals surface area contributed by atoms with Gasteiger partial charge >= 0.3 is 5.97 Å². The molecule has 1 saturated heterocycles. The smallest absolute Gasteiger partial charge is 0.310 e. The van der Waals surface area contributed by atoms with Gasteiger partial charge in [-0.3, -0.25) is 4.79 Å². The lowest BCUT2D eigenvalue weighted by atomic mass is 9.68. The van der Waals surface area contributed by atoms with E-state index < -0.39 is 11.4 Å². The van der Waals surface area contributed by atoms with Crippen LogP contribution in [-0.2, 0) is 4.79 Å². The van der Waals surface area contributed by atoms with E-state index in [0.717, 1.165) is 25.8 Å². The van der Waals surface area contributed by atoms with Crippen molar-refractivity contribution in [2.75, 3.05) is 26.7 Å². The molecule has 16 heavy (non-hydrogen) atoms. The van der Waals surface area contributed by atoms with E-state index in [1.807, 2.05) is 0 Å². The van der Waals surface area contributed by atoms with Crippen molar-refractivity contribution in [3.8, 4) is 0 Å². The second-order valence-corrected chi connectivity index (χ2v) is 5.42. The minimum atomic E-state index is -0.615. The maximum atomic E-state index is 11.2. The summed E-state index contributed by atoms with van der Waals surface area (Å²) in [5.74, 6) is -0.615. The summed E-state index contributed by atoms with van der Waals surface area (Å²) in [5.41, 5.74) is -0.448. The zero-order chi connectivity index (χ0) is 11.6. The van der Waals surface area contributed by atoms with Gasteiger partial charge in [0.1, 0.15) is 0 Å². The van der Waals surface area contributed by atoms with Gasteiger partial charge in [0.05, 0.1) is 5.41 Å². The number of carboxylic acids is 1. The van der Waals surface area contributed by atoms with Gasteiger partial charge in [0.2, 0.25) is 0 Å². The topological polar surface area (TPSA) is 52.6 Å². The molecule has 92 valence electrons. The van der Waals surface area contributed by atoms with Crippen LogP contribution >= 0.6 is 0 Å². The largest absolute Gasteiger partial charge is 0.481 e. The Kier molecular flexibility index (Phi) is 3.50. The van der Waals surface area contributed by atoms with E-state index in [1.54, 1.807) is 0 Å². The Bertz CT molecular complexity index is 264. The highest BCUT2D eigenvalue weighted by Crippen LogP contribution is 2.40. The molecule has 1 saturated carbocycles. The molecule has 2 aliphatic rings. The number of rotatable bonds is 4. The maximum Gasteiger partial charge on any atom is 0.310 e. The van der Waals surface area contributed by atoms with Gasteiger partial charge in [-0.25, -0.2) is 0 Å². The molecule has 0 aromatic carbocycles. The Labute approximate surface area is 97.0 Å². The van der Waals surface area contributed by atoms with E-state index in [9.17, 15) is 9.90 Å². The molecule has 1 unspecified atom stereocenters. The summed E-state index contributed by atoms with van der Waals surface area (Å²) < 4.78 is 0. The zero-order valence-corrected chi connectivity index (χ0v) is 10.0. The van der Waals surface area contributed by atoms with Crippen molar-refractivity contribution in [2.45, 2.75) is 38.1 Å². The molecular weight excluding hydrogens is 204 g/mol. The second kappa shape index (κ2) is 4.72. The van der Waals surface area contributed by atoms with Crippen LogP contribution in [0.25, 0.3) is 0 Å². The number of likely N-dealkylation sites (tertiary alicyclic amines) is 1. The molecule has 0 amide bonds. The summed E-state index contributed by atoms with van der Waals surface area (Å²) in [6, 6.07) is 0.482. The van der Waals surface area contributed by atoms with Gasteiger partial charge in [0, 0.05) is 19.1 Å². The molecular formula is C12H22N2O2. The normalized spacial score (nSPS) is 29.7. The molecule has 2 fully saturated rings. The lowest BCUT2D eigenvalue weighted by Gasteiger charge is -2.40. The number of nitrogens with zero attached hydrogens (tertiary/aromatic N) is 1. The van der Waals surface area contributed by atoms with Gasteiger partial charge in [0.25, 0.3) is 0 Å². The van der Waals surface area contributed by atoms with Crippen molar-refractivity contribution >= 4 is 5.97 Å². The highest BCUT2D eigenvalue weighted by atomic mass is 16.4. The lowest BCUT2D eigenvalue weighted by Crippen LogP contribution is -2.52. The first-order valence-corrected chi connectivity index (χ1v) is 6.28. The van der Waals surface area contributed by atoms with Crippen molar-refractivity contribution in [3.05, 3.63) is 0 Å². The summed E-state index contributed by atoms with van der Waals surface area (Å²) >= 11 is 0. The molecule has 4 nitrogen and oxygen atoms in total. The average molecular weight is 226 g/mol. The van der Waals surface area contributed by atoms with Crippen LogP contribution in [0.5, 0.6) is 0 Å². The van der Waals surface area contributed by atoms with E-state index >= 15 is 0 Å². The summed E-state index contributed by atoms with van der Waals surface area (Å²) in [5, 5.41) is 12.7. The predicted molar refractivity (Wildman–Crippen MR) is 62.4 cm³/mol. The van der Waals surface area contributed by atoms with Crippen LogP contribution in [0.3, 0.4) is 0 Å². The fourth-order valence-electron chi connectivity index (χ4n) is 2.74. The summed E-state index contributed by atoms with van der Waals surface area (Å²) in [4.78, 5) is 13.5. The number of aliphatic carboxylic acids is 1. The Balaban J connectivity index is 1.79. The van der Waals surface area contributed by atoms with E-state index in [4.69, 9.17) is 0 Å². The van der Waals surface area contributed by atoms with Gasteiger partial charge in [-0.1, -0.05) is 6.42 Å². The Hall–Kier alpha value is -0.610. The Morgan fingerprint density at radius 3 is 2.75 bits per heavy atom. The third kappa shape index (κ3) is 2.38. The minimum absolute atomic E-state index is 0.448. The molecule has 0 bridgehead atoms. The van der Waals surface area contributed by atoms with Gasteiger partial charge in [0.15, 0.2) is 0 Å². The van der Waals surface area contributed by atoms with Crippen LogP contribution in [-0.4, -0.2) is 48.7 Å². The SMILES string of the molecule is CN1CCCC(NCC2(C(=O)O)CCC2)C1. The molecule has 0 aromatic rings. The quantitative estimate of drug-likeness (QED) is 0.748. The molecule has 4 heteroatoms. The van der Waals surface area contributed by atoms with E-state index in [1.165, 1.54) is 19.4 Å². The number of likely N-dealkylation sites (N-methyl/N-ethyl adjacent to an activating group) is 1. The third-order valence-corrected chi connectivity index (χ3v) is 4.12. The van der Waals surface area contributed by atoms with Crippen LogP contribution in [0, 0.1) is 5.41 Å². The summed E-state index contributed by atoms with van der Waals surface area (Å²) in [7, 11) is 2.13. The minimum Gasteiger partial charge on any atom is -0.481 e. The Morgan fingerprint density at radius 1 is 1.50 bits per heavy atom. The van der Waals surface area contributed by atoms with E-state index in [2.05, 4.69) is 17.3 Å². The van der Waals surface area contributed by atoms with Crippen molar-refractivity contribution in [1.29, 1.82) is 0 Å². The lowest BCUT2D eigenvalue weighted by molar-refractivity contribution is -0.154. The fraction of sp³-hybridized carbons (Fsp3) is 0.917. The van der Waals surface area contributed by atoms with Crippen molar-refractivity contribution < 1.29 is 9.90 Å². The van der Waals surface area contributed by atoms with Gasteiger partial charge in [-0.05, 0) is 39.3 Å².